The summed E-state index contributed by atoms with van der Waals surface area (Å²) in [6.07, 6.45) is 1.90. The Morgan fingerprint density at radius 2 is 2.07 bits per heavy atom. The molecule has 1 rings (SSSR count). The van der Waals surface area contributed by atoms with Crippen LogP contribution in [0, 0.1) is 17.6 Å². The molecule has 0 saturated heterocycles. The lowest BCUT2D eigenvalue weighted by atomic mass is 10.4. The molecule has 1 atom stereocenters. The van der Waals surface area contributed by atoms with Crippen molar-refractivity contribution in [3.05, 3.63) is 23.6 Å². The first-order valence-corrected chi connectivity index (χ1v) is 5.61. The highest BCUT2D eigenvalue weighted by molar-refractivity contribution is 7.99. The maximum absolute atomic E-state index is 13.0. The van der Waals surface area contributed by atoms with Gasteiger partial charge in [0.15, 0.2) is 17.5 Å². The van der Waals surface area contributed by atoms with Crippen molar-refractivity contribution in [1.29, 1.82) is 0 Å². The van der Waals surface area contributed by atoms with E-state index in [1.165, 1.54) is 0 Å². The van der Waals surface area contributed by atoms with E-state index in [0.29, 0.717) is 12.6 Å². The van der Waals surface area contributed by atoms with Crippen molar-refractivity contribution in [2.45, 2.75) is 12.2 Å². The number of halogens is 3. The van der Waals surface area contributed by atoms with E-state index in [-0.39, 0.29) is 11.1 Å². The van der Waals surface area contributed by atoms with Crippen molar-refractivity contribution in [3.63, 3.8) is 0 Å². The topological polar surface area (TPSA) is 24.9 Å². The van der Waals surface area contributed by atoms with Gasteiger partial charge in [0.1, 0.15) is 0 Å². The summed E-state index contributed by atoms with van der Waals surface area (Å²) in [7, 11) is 0. The number of hydrogen-bond donors (Lipinski definition) is 1. The number of nitrogens with zero attached hydrogens (tertiary/aromatic N) is 1. The van der Waals surface area contributed by atoms with Crippen LogP contribution in [0.4, 0.5) is 19.0 Å². The summed E-state index contributed by atoms with van der Waals surface area (Å²) < 4.78 is 38.2. The zero-order valence-electron chi connectivity index (χ0n) is 8.35. The van der Waals surface area contributed by atoms with Crippen LogP contribution in [0.1, 0.15) is 6.92 Å². The number of rotatable bonds is 4. The van der Waals surface area contributed by atoms with Crippen molar-refractivity contribution < 1.29 is 13.2 Å². The third-order valence-electron chi connectivity index (χ3n) is 1.85. The summed E-state index contributed by atoms with van der Waals surface area (Å²) in [6.45, 7) is 2.37. The number of nitrogens with one attached hydrogen (secondary N) is 1. The van der Waals surface area contributed by atoms with E-state index in [9.17, 15) is 13.2 Å². The van der Waals surface area contributed by atoms with E-state index in [4.69, 9.17) is 0 Å². The second-order valence-corrected chi connectivity index (χ2v) is 4.29. The fourth-order valence-corrected chi connectivity index (χ4v) is 1.14. The summed E-state index contributed by atoms with van der Waals surface area (Å²) in [6, 6.07) is 0.481. The lowest BCUT2D eigenvalue weighted by Gasteiger charge is -2.10. The second-order valence-electron chi connectivity index (χ2n) is 3.02. The van der Waals surface area contributed by atoms with Crippen LogP contribution in [-0.4, -0.2) is 23.0 Å². The molecule has 1 unspecified atom stereocenters. The quantitative estimate of drug-likeness (QED) is 0.813. The smallest absolute Gasteiger partial charge is 0.251 e. The molecule has 1 aromatic heterocycles. The van der Waals surface area contributed by atoms with Gasteiger partial charge in [0, 0.05) is 17.9 Å². The van der Waals surface area contributed by atoms with Crippen LogP contribution in [0.25, 0.3) is 0 Å². The lowest BCUT2D eigenvalue weighted by molar-refractivity contribution is 0.466. The zero-order valence-corrected chi connectivity index (χ0v) is 9.17. The summed E-state index contributed by atoms with van der Waals surface area (Å²) >= 11 is 1.58. The summed E-state index contributed by atoms with van der Waals surface area (Å²) in [5.74, 6) is -3.72. The molecule has 0 amide bonds. The highest BCUT2D eigenvalue weighted by Crippen LogP contribution is 2.15. The number of aromatic nitrogens is 1. The normalized spacial score (nSPS) is 12.6. The van der Waals surface area contributed by atoms with Gasteiger partial charge in [0.05, 0.1) is 0 Å². The molecule has 0 bridgehead atoms. The van der Waals surface area contributed by atoms with Crippen molar-refractivity contribution in [1.82, 2.24) is 4.98 Å². The molecule has 0 saturated carbocycles. The van der Waals surface area contributed by atoms with E-state index in [1.807, 2.05) is 13.2 Å². The van der Waals surface area contributed by atoms with Crippen molar-refractivity contribution in [3.8, 4) is 0 Å². The second kappa shape index (κ2) is 5.25. The van der Waals surface area contributed by atoms with E-state index in [0.717, 1.165) is 0 Å². The van der Waals surface area contributed by atoms with Crippen LogP contribution in [0.15, 0.2) is 6.07 Å². The van der Waals surface area contributed by atoms with Gasteiger partial charge in [-0.3, -0.25) is 0 Å². The monoisotopic (exact) mass is 236 g/mol. The standard InChI is InChI=1S/C9H11F3N2S/c1-5(15-2)4-13-9-7(11)3-6(10)8(12)14-9/h3,5H,4H2,1-2H3,(H,13,14). The largest absolute Gasteiger partial charge is 0.366 e. The van der Waals surface area contributed by atoms with Crippen molar-refractivity contribution in [2.75, 3.05) is 18.1 Å². The van der Waals surface area contributed by atoms with Crippen LogP contribution < -0.4 is 5.32 Å². The van der Waals surface area contributed by atoms with Gasteiger partial charge in [0.2, 0.25) is 0 Å². The molecule has 0 spiro atoms. The summed E-state index contributed by atoms with van der Waals surface area (Å²) in [4.78, 5) is 3.14. The third kappa shape index (κ3) is 3.30. The minimum Gasteiger partial charge on any atom is -0.366 e. The molecular weight excluding hydrogens is 225 g/mol. The number of hydrogen-bond acceptors (Lipinski definition) is 3. The molecule has 1 heterocycles. The van der Waals surface area contributed by atoms with Gasteiger partial charge in [-0.2, -0.15) is 21.1 Å². The maximum atomic E-state index is 13.0. The predicted octanol–water partition coefficient (Wildman–Crippen LogP) is 2.66. The highest BCUT2D eigenvalue weighted by atomic mass is 32.2. The molecule has 0 aliphatic heterocycles. The zero-order chi connectivity index (χ0) is 11.4. The number of pyridine rings is 1. The van der Waals surface area contributed by atoms with Crippen LogP contribution in [0.3, 0.4) is 0 Å². The minimum absolute atomic E-state index is 0.235. The molecule has 2 nitrogen and oxygen atoms in total. The molecule has 1 N–H and O–H groups in total. The van der Waals surface area contributed by atoms with E-state index >= 15 is 0 Å². The first kappa shape index (κ1) is 12.2. The fraction of sp³-hybridized carbons (Fsp3) is 0.444. The van der Waals surface area contributed by atoms with Gasteiger partial charge in [0.25, 0.3) is 5.95 Å². The Morgan fingerprint density at radius 3 is 2.67 bits per heavy atom. The van der Waals surface area contributed by atoms with Crippen LogP contribution in [0.5, 0.6) is 0 Å². The number of thioether (sulfide) groups is 1. The highest BCUT2D eigenvalue weighted by Gasteiger charge is 2.11. The molecule has 0 radical (unpaired) electrons. The van der Waals surface area contributed by atoms with E-state index < -0.39 is 17.6 Å². The molecule has 6 heteroatoms. The van der Waals surface area contributed by atoms with E-state index in [1.54, 1.807) is 11.8 Å². The van der Waals surface area contributed by atoms with Gasteiger partial charge in [-0.05, 0) is 6.26 Å². The van der Waals surface area contributed by atoms with Gasteiger partial charge in [-0.15, -0.1) is 0 Å². The molecular formula is C9H11F3N2S. The minimum atomic E-state index is -1.30. The maximum Gasteiger partial charge on any atom is 0.251 e. The molecule has 0 fully saturated rings. The number of anilines is 1. The lowest BCUT2D eigenvalue weighted by Crippen LogP contribution is -2.15. The van der Waals surface area contributed by atoms with Gasteiger partial charge in [-0.1, -0.05) is 6.92 Å². The van der Waals surface area contributed by atoms with Gasteiger partial charge >= 0.3 is 0 Å². The predicted molar refractivity (Wildman–Crippen MR) is 55.6 cm³/mol. The summed E-state index contributed by atoms with van der Waals surface area (Å²) in [5, 5.41) is 2.85. The average molecular weight is 236 g/mol. The molecule has 0 aromatic carbocycles. The van der Waals surface area contributed by atoms with Crippen molar-refractivity contribution in [2.24, 2.45) is 0 Å². The van der Waals surface area contributed by atoms with Gasteiger partial charge < -0.3 is 5.32 Å². The SMILES string of the molecule is CSC(C)CNc1nc(F)c(F)cc1F. The van der Waals surface area contributed by atoms with E-state index in [2.05, 4.69) is 10.3 Å². The summed E-state index contributed by atoms with van der Waals surface area (Å²) in [5.41, 5.74) is 0. The van der Waals surface area contributed by atoms with Crippen LogP contribution in [0.2, 0.25) is 0 Å². The molecule has 0 aliphatic carbocycles. The Hall–Kier alpha value is -0.910. The Bertz CT molecular complexity index is 346. The molecule has 1 aromatic rings. The molecule has 15 heavy (non-hydrogen) atoms. The Kier molecular flexibility index (Phi) is 4.26. The fourth-order valence-electron chi connectivity index (χ4n) is 0.892. The van der Waals surface area contributed by atoms with Crippen molar-refractivity contribution >= 4 is 17.6 Å². The third-order valence-corrected chi connectivity index (χ3v) is 2.82. The first-order valence-electron chi connectivity index (χ1n) is 4.32. The average Bonchev–Trinajstić information content (AvgIpc) is 2.21. The molecule has 84 valence electrons. The Balaban J connectivity index is 2.73. The van der Waals surface area contributed by atoms with Crippen LogP contribution in [-0.2, 0) is 0 Å². The Labute approximate surface area is 90.3 Å². The molecule has 0 aliphatic rings. The van der Waals surface area contributed by atoms with Crippen LogP contribution >= 0.6 is 11.8 Å². The van der Waals surface area contributed by atoms with Gasteiger partial charge in [-0.25, -0.2) is 8.78 Å². The first-order chi connectivity index (χ1) is 7.04. The Morgan fingerprint density at radius 1 is 1.40 bits per heavy atom.